The van der Waals surface area contributed by atoms with Crippen LogP contribution in [0.1, 0.15) is 6.42 Å². The van der Waals surface area contributed by atoms with Crippen molar-refractivity contribution in [3.63, 3.8) is 0 Å². The number of carbonyl (C=O) groups excluding carboxylic acids is 1. The number of anilines is 1. The number of nitrogens with one attached hydrogen (secondary N) is 2. The number of aromatic nitrogens is 2. The van der Waals surface area contributed by atoms with Crippen LogP contribution in [0, 0.1) is 5.82 Å². The molecule has 1 unspecified atom stereocenters. The number of aromatic amines is 1. The summed E-state index contributed by atoms with van der Waals surface area (Å²) in [6, 6.07) is 11.4. The molecule has 1 aliphatic heterocycles. The van der Waals surface area contributed by atoms with Crippen molar-refractivity contribution in [2.75, 3.05) is 22.6 Å². The number of amides is 1. The molecular weight excluding hydrogens is 401 g/mol. The first-order valence-corrected chi connectivity index (χ1v) is 11.6. The minimum absolute atomic E-state index is 0.0101. The normalized spacial score (nSPS) is 18.4. The molecule has 1 saturated heterocycles. The second kappa shape index (κ2) is 7.56. The molecule has 1 atom stereocenters. The van der Waals surface area contributed by atoms with Crippen LogP contribution in [0.15, 0.2) is 42.5 Å². The second-order valence-corrected chi connectivity index (χ2v) is 10.2. The number of H-pyrrole nitrogens is 1. The molecule has 1 aromatic heterocycles. The van der Waals surface area contributed by atoms with Gasteiger partial charge in [0.1, 0.15) is 11.6 Å². The van der Waals surface area contributed by atoms with Crippen molar-refractivity contribution < 1.29 is 17.6 Å². The zero-order valence-corrected chi connectivity index (χ0v) is 16.4. The van der Waals surface area contributed by atoms with Gasteiger partial charge in [0.25, 0.3) is 0 Å². The molecule has 2 aromatic carbocycles. The SMILES string of the molecule is O=C(CSC1CCS(=O)(=O)C1)Nc1ccc2nc(-c3ccc(F)cc3)[nH]c2c1. The number of sulfone groups is 1. The zero-order chi connectivity index (χ0) is 19.7. The summed E-state index contributed by atoms with van der Waals surface area (Å²) in [6.45, 7) is 0. The van der Waals surface area contributed by atoms with E-state index in [0.29, 0.717) is 17.9 Å². The number of fused-ring (bicyclic) bond motifs is 1. The number of rotatable bonds is 5. The number of thioether (sulfide) groups is 1. The lowest BCUT2D eigenvalue weighted by Gasteiger charge is -2.08. The summed E-state index contributed by atoms with van der Waals surface area (Å²) in [5.74, 6) is 0.708. The molecule has 0 radical (unpaired) electrons. The summed E-state index contributed by atoms with van der Waals surface area (Å²) in [4.78, 5) is 19.8. The molecule has 2 N–H and O–H groups in total. The Hall–Kier alpha value is -2.39. The van der Waals surface area contributed by atoms with E-state index in [0.717, 1.165) is 16.6 Å². The van der Waals surface area contributed by atoms with Crippen LogP contribution >= 0.6 is 11.8 Å². The average Bonchev–Trinajstić information content (AvgIpc) is 3.23. The van der Waals surface area contributed by atoms with E-state index in [9.17, 15) is 17.6 Å². The van der Waals surface area contributed by atoms with E-state index in [4.69, 9.17) is 0 Å². The maximum atomic E-state index is 13.1. The highest BCUT2D eigenvalue weighted by atomic mass is 32.2. The molecule has 146 valence electrons. The van der Waals surface area contributed by atoms with Crippen LogP contribution in [0.5, 0.6) is 0 Å². The summed E-state index contributed by atoms with van der Waals surface area (Å²) >= 11 is 1.38. The van der Waals surface area contributed by atoms with Gasteiger partial charge in [-0.2, -0.15) is 0 Å². The third kappa shape index (κ3) is 4.36. The molecule has 6 nitrogen and oxygen atoms in total. The third-order valence-corrected chi connectivity index (χ3v) is 7.81. The lowest BCUT2D eigenvalue weighted by Crippen LogP contribution is -2.17. The van der Waals surface area contributed by atoms with Gasteiger partial charge in [0.05, 0.1) is 28.3 Å². The van der Waals surface area contributed by atoms with Crippen LogP contribution in [-0.4, -0.2) is 46.8 Å². The minimum Gasteiger partial charge on any atom is -0.338 e. The molecular formula is C19H18FN3O3S2. The molecule has 0 saturated carbocycles. The summed E-state index contributed by atoms with van der Waals surface area (Å²) in [5.41, 5.74) is 2.90. The molecule has 4 rings (SSSR count). The number of imidazole rings is 1. The average molecular weight is 420 g/mol. The Labute approximate surface area is 165 Å². The maximum Gasteiger partial charge on any atom is 0.234 e. The van der Waals surface area contributed by atoms with Crippen molar-refractivity contribution >= 4 is 44.2 Å². The van der Waals surface area contributed by atoms with E-state index in [1.807, 2.05) is 0 Å². The molecule has 0 bridgehead atoms. The monoisotopic (exact) mass is 419 g/mol. The predicted octanol–water partition coefficient (Wildman–Crippen LogP) is 3.23. The number of nitrogens with zero attached hydrogens (tertiary/aromatic N) is 1. The number of benzene rings is 2. The first-order chi connectivity index (χ1) is 13.4. The van der Waals surface area contributed by atoms with Gasteiger partial charge in [-0.05, 0) is 48.9 Å². The molecule has 0 spiro atoms. The number of carbonyl (C=O) groups is 1. The van der Waals surface area contributed by atoms with E-state index in [2.05, 4.69) is 15.3 Å². The smallest absolute Gasteiger partial charge is 0.234 e. The molecule has 0 aliphatic carbocycles. The van der Waals surface area contributed by atoms with Crippen molar-refractivity contribution in [3.05, 3.63) is 48.3 Å². The Bertz CT molecular complexity index is 1130. The fourth-order valence-electron chi connectivity index (χ4n) is 3.11. The van der Waals surface area contributed by atoms with Crippen LogP contribution in [0.2, 0.25) is 0 Å². The Kier molecular flexibility index (Phi) is 5.11. The molecule has 1 amide bonds. The lowest BCUT2D eigenvalue weighted by atomic mass is 10.2. The van der Waals surface area contributed by atoms with E-state index in [1.54, 1.807) is 30.3 Å². The van der Waals surface area contributed by atoms with E-state index < -0.39 is 9.84 Å². The van der Waals surface area contributed by atoms with Gasteiger partial charge in [-0.15, -0.1) is 11.8 Å². The van der Waals surface area contributed by atoms with Gasteiger partial charge in [-0.3, -0.25) is 4.79 Å². The Morgan fingerprint density at radius 1 is 1.25 bits per heavy atom. The third-order valence-electron chi connectivity index (χ3n) is 4.52. The highest BCUT2D eigenvalue weighted by Crippen LogP contribution is 2.25. The topological polar surface area (TPSA) is 91.9 Å². The van der Waals surface area contributed by atoms with Gasteiger partial charge < -0.3 is 10.3 Å². The highest BCUT2D eigenvalue weighted by molar-refractivity contribution is 8.02. The fraction of sp³-hybridized carbons (Fsp3) is 0.263. The molecule has 28 heavy (non-hydrogen) atoms. The number of halogens is 1. The van der Waals surface area contributed by atoms with Crippen LogP contribution in [0.25, 0.3) is 22.4 Å². The lowest BCUT2D eigenvalue weighted by molar-refractivity contribution is -0.113. The molecule has 1 fully saturated rings. The van der Waals surface area contributed by atoms with Crippen molar-refractivity contribution in [1.82, 2.24) is 9.97 Å². The zero-order valence-electron chi connectivity index (χ0n) is 14.8. The highest BCUT2D eigenvalue weighted by Gasteiger charge is 2.28. The molecule has 2 heterocycles. The minimum atomic E-state index is -2.93. The van der Waals surface area contributed by atoms with Crippen LogP contribution < -0.4 is 5.32 Å². The van der Waals surface area contributed by atoms with Crippen LogP contribution in [-0.2, 0) is 14.6 Å². The van der Waals surface area contributed by atoms with Crippen molar-refractivity contribution in [1.29, 1.82) is 0 Å². The van der Waals surface area contributed by atoms with Gasteiger partial charge in [0.15, 0.2) is 9.84 Å². The van der Waals surface area contributed by atoms with Gasteiger partial charge in [-0.1, -0.05) is 0 Å². The number of hydrogen-bond donors (Lipinski definition) is 2. The summed E-state index contributed by atoms with van der Waals surface area (Å²) < 4.78 is 36.0. The predicted molar refractivity (Wildman–Crippen MR) is 110 cm³/mol. The van der Waals surface area contributed by atoms with E-state index in [-0.39, 0.29) is 34.2 Å². The molecule has 9 heteroatoms. The van der Waals surface area contributed by atoms with E-state index in [1.165, 1.54) is 23.9 Å². The summed E-state index contributed by atoms with van der Waals surface area (Å²) in [5, 5.41) is 2.82. The van der Waals surface area contributed by atoms with Crippen molar-refractivity contribution in [2.24, 2.45) is 0 Å². The summed E-state index contributed by atoms with van der Waals surface area (Å²) in [6.07, 6.45) is 0.604. The fourth-order valence-corrected chi connectivity index (χ4v) is 6.56. The van der Waals surface area contributed by atoms with Crippen molar-refractivity contribution in [3.8, 4) is 11.4 Å². The van der Waals surface area contributed by atoms with Crippen LogP contribution in [0.4, 0.5) is 10.1 Å². The summed E-state index contributed by atoms with van der Waals surface area (Å²) in [7, 11) is -2.93. The van der Waals surface area contributed by atoms with Gasteiger partial charge in [0.2, 0.25) is 5.91 Å². The Morgan fingerprint density at radius 3 is 2.75 bits per heavy atom. The molecule has 1 aliphatic rings. The Morgan fingerprint density at radius 2 is 2.04 bits per heavy atom. The van der Waals surface area contributed by atoms with Gasteiger partial charge in [-0.25, -0.2) is 17.8 Å². The largest absolute Gasteiger partial charge is 0.338 e. The van der Waals surface area contributed by atoms with E-state index >= 15 is 0 Å². The van der Waals surface area contributed by atoms with Gasteiger partial charge in [0, 0.05) is 16.5 Å². The van der Waals surface area contributed by atoms with Crippen LogP contribution in [0.3, 0.4) is 0 Å². The number of hydrogen-bond acceptors (Lipinski definition) is 5. The Balaban J connectivity index is 1.41. The first kappa shape index (κ1) is 18.9. The quantitative estimate of drug-likeness (QED) is 0.663. The maximum absolute atomic E-state index is 13.1. The standard InChI is InChI=1S/C19H18FN3O3S2/c20-13-3-1-12(2-4-13)19-22-16-6-5-14(9-17(16)23-19)21-18(24)10-27-15-7-8-28(25,26)11-15/h1-6,9,15H,7-8,10-11H2,(H,21,24)(H,22,23). The second-order valence-electron chi connectivity index (χ2n) is 6.71. The first-order valence-electron chi connectivity index (χ1n) is 8.75. The van der Waals surface area contributed by atoms with Gasteiger partial charge >= 0.3 is 0 Å². The molecule has 3 aromatic rings. The van der Waals surface area contributed by atoms with Crippen molar-refractivity contribution in [2.45, 2.75) is 11.7 Å².